The van der Waals surface area contributed by atoms with Gasteiger partial charge in [0.05, 0.1) is 63.1 Å². The lowest BCUT2D eigenvalue weighted by Crippen LogP contribution is -2.57. The fraction of sp³-hybridized carbons (Fsp3) is 0.458. The number of primary amides is 2. The number of imide groups is 1. The number of nitrogens with zero attached hydrogens (tertiary/aromatic N) is 5. The SMILES string of the molecule is CC(C)[C@H](NC(=O)CCOCCOCCOCCNC(=O)[C@@H](N)CCN(C(=O)CO)[C@@H](c1nc(-c2cc(F)ccc2F)cn1Cc1ccccc1)C(C)(C)C)C(=O)N(c1ccc(N2C(=O)C=CC2=O)cc1)[C@@H](CCCNC(N)=O)C(N)=O.O=C(O)C(F)(F)F. The number of hydrogen-bond acceptors (Lipinski definition) is 15. The molecule has 11 N–H and O–H groups in total. The van der Waals surface area contributed by atoms with E-state index >= 15 is 4.39 Å². The van der Waals surface area contributed by atoms with Crippen LogP contribution in [0.3, 0.4) is 0 Å². The van der Waals surface area contributed by atoms with E-state index in [1.807, 2.05) is 51.1 Å². The molecule has 89 heavy (non-hydrogen) atoms. The monoisotopic (exact) mass is 1260 g/mol. The molecule has 0 spiro atoms. The summed E-state index contributed by atoms with van der Waals surface area (Å²) < 4.78 is 79.7. The number of nitrogens with one attached hydrogen (secondary N) is 3. The molecule has 1 aliphatic heterocycles. The van der Waals surface area contributed by atoms with Crippen molar-refractivity contribution in [3.8, 4) is 11.3 Å². The maximum Gasteiger partial charge on any atom is 0.490 e. The van der Waals surface area contributed by atoms with Gasteiger partial charge in [0, 0.05) is 62.2 Å². The molecule has 0 radical (unpaired) electrons. The van der Waals surface area contributed by atoms with E-state index in [2.05, 4.69) is 16.0 Å². The van der Waals surface area contributed by atoms with Crippen LogP contribution in [0.1, 0.15) is 77.7 Å². The molecule has 0 saturated heterocycles. The van der Waals surface area contributed by atoms with Crippen molar-refractivity contribution < 1.29 is 89.5 Å². The zero-order valence-corrected chi connectivity index (χ0v) is 49.8. The topological polar surface area (TPSA) is 363 Å². The van der Waals surface area contributed by atoms with Gasteiger partial charge < -0.3 is 67.0 Å². The van der Waals surface area contributed by atoms with Crippen LogP contribution in [-0.2, 0) is 59.1 Å². The third-order valence-electron chi connectivity index (χ3n) is 13.3. The number of amides is 9. The molecule has 486 valence electrons. The number of urea groups is 1. The summed E-state index contributed by atoms with van der Waals surface area (Å²) >= 11 is 0. The first kappa shape index (κ1) is 72.8. The first-order valence-corrected chi connectivity index (χ1v) is 28.1. The first-order valence-electron chi connectivity index (χ1n) is 28.1. The number of nitrogens with two attached hydrogens (primary N) is 3. The maximum absolute atomic E-state index is 15.1. The highest BCUT2D eigenvalue weighted by atomic mass is 19.4. The first-order chi connectivity index (χ1) is 42.0. The lowest BCUT2D eigenvalue weighted by atomic mass is 9.84. The number of benzene rings is 3. The van der Waals surface area contributed by atoms with Crippen molar-refractivity contribution in [1.29, 1.82) is 0 Å². The van der Waals surface area contributed by atoms with Gasteiger partial charge in [-0.15, -0.1) is 0 Å². The number of imidazole rings is 1. The molecule has 0 unspecified atom stereocenters. The Hall–Kier alpha value is -8.71. The smallest absolute Gasteiger partial charge is 0.475 e. The molecular weight excluding hydrogens is 1180 g/mol. The molecule has 25 nitrogen and oxygen atoms in total. The lowest BCUT2D eigenvalue weighted by Gasteiger charge is -2.40. The Labute approximate surface area is 510 Å². The molecular formula is C59H76F5N11O14. The number of anilines is 2. The van der Waals surface area contributed by atoms with Gasteiger partial charge in [0.25, 0.3) is 17.7 Å². The number of alkyl halides is 3. The highest BCUT2D eigenvalue weighted by Gasteiger charge is 2.40. The summed E-state index contributed by atoms with van der Waals surface area (Å²) in [6.07, 6.45) is -1.15. The average Bonchev–Trinajstić information content (AvgIpc) is 1.92. The van der Waals surface area contributed by atoms with Crippen LogP contribution in [0.25, 0.3) is 11.3 Å². The highest BCUT2D eigenvalue weighted by Crippen LogP contribution is 2.40. The van der Waals surface area contributed by atoms with Crippen LogP contribution in [0.5, 0.6) is 0 Å². The van der Waals surface area contributed by atoms with Crippen LogP contribution in [0.4, 0.5) is 38.1 Å². The number of hydrogen-bond donors (Lipinski definition) is 8. The van der Waals surface area contributed by atoms with Crippen molar-refractivity contribution in [1.82, 2.24) is 30.4 Å². The van der Waals surface area contributed by atoms with Crippen LogP contribution in [0.2, 0.25) is 0 Å². The number of aliphatic carboxylic acids is 1. The minimum atomic E-state index is -5.08. The van der Waals surface area contributed by atoms with Crippen LogP contribution >= 0.6 is 0 Å². The molecule has 9 amide bonds. The normalized spacial score (nSPS) is 13.7. The van der Waals surface area contributed by atoms with Crippen LogP contribution in [0.15, 0.2) is 91.1 Å². The number of carboxylic acids is 1. The third kappa shape index (κ3) is 22.8. The second-order valence-electron chi connectivity index (χ2n) is 21.5. The second kappa shape index (κ2) is 34.7. The van der Waals surface area contributed by atoms with Crippen molar-refractivity contribution in [3.05, 3.63) is 114 Å². The Morgan fingerprint density at radius 1 is 0.787 bits per heavy atom. The summed E-state index contributed by atoms with van der Waals surface area (Å²) in [6, 6.07) is 13.2. The molecule has 1 aromatic heterocycles. The molecule has 2 heterocycles. The van der Waals surface area contributed by atoms with Crippen molar-refractivity contribution in [3.63, 3.8) is 0 Å². The van der Waals surface area contributed by atoms with Gasteiger partial charge in [-0.1, -0.05) is 65.0 Å². The van der Waals surface area contributed by atoms with Gasteiger partial charge in [-0.2, -0.15) is 13.2 Å². The lowest BCUT2D eigenvalue weighted by molar-refractivity contribution is -0.192. The number of halogens is 5. The predicted octanol–water partition coefficient (Wildman–Crippen LogP) is 3.60. The molecule has 4 atom stereocenters. The van der Waals surface area contributed by atoms with E-state index < -0.39 is 113 Å². The number of aliphatic hydroxyl groups is 1. The van der Waals surface area contributed by atoms with Gasteiger partial charge >= 0.3 is 18.2 Å². The molecule has 0 aliphatic carbocycles. The van der Waals surface area contributed by atoms with Gasteiger partial charge in [-0.3, -0.25) is 38.5 Å². The fourth-order valence-corrected chi connectivity index (χ4v) is 9.05. The van der Waals surface area contributed by atoms with Crippen LogP contribution in [-0.4, -0.2) is 168 Å². The average molecular weight is 1260 g/mol. The van der Waals surface area contributed by atoms with E-state index in [4.69, 9.17) is 46.3 Å². The van der Waals surface area contributed by atoms with E-state index in [0.717, 1.165) is 45.7 Å². The predicted molar refractivity (Wildman–Crippen MR) is 313 cm³/mol. The van der Waals surface area contributed by atoms with E-state index in [9.17, 15) is 61.0 Å². The summed E-state index contributed by atoms with van der Waals surface area (Å²) in [5.74, 6) is -8.52. The quantitative estimate of drug-likeness (QED) is 0.0192. The van der Waals surface area contributed by atoms with Crippen molar-refractivity contribution in [2.45, 2.75) is 97.2 Å². The minimum absolute atomic E-state index is 0.00143. The summed E-state index contributed by atoms with van der Waals surface area (Å²) in [7, 11) is 0. The molecule has 0 fully saturated rings. The van der Waals surface area contributed by atoms with Gasteiger partial charge in [0.1, 0.15) is 36.1 Å². The largest absolute Gasteiger partial charge is 0.490 e. The number of aliphatic hydroxyl groups excluding tert-OH is 1. The molecule has 4 aromatic rings. The number of carbonyl (C=O) groups is 9. The molecule has 30 heteroatoms. The summed E-state index contributed by atoms with van der Waals surface area (Å²) in [6.45, 7) is 9.34. The number of aromatic nitrogens is 2. The number of ether oxygens (including phenoxy) is 3. The van der Waals surface area contributed by atoms with E-state index in [0.29, 0.717) is 5.82 Å². The summed E-state index contributed by atoms with van der Waals surface area (Å²) in [5, 5.41) is 25.2. The van der Waals surface area contributed by atoms with Gasteiger partial charge in [0.15, 0.2) is 0 Å². The van der Waals surface area contributed by atoms with Crippen molar-refractivity contribution in [2.75, 3.05) is 75.7 Å². The number of carboxylic acid groups (broad SMARTS) is 1. The molecule has 0 bridgehead atoms. The van der Waals surface area contributed by atoms with Crippen LogP contribution in [0, 0.1) is 23.0 Å². The Bertz CT molecular complexity index is 3070. The number of rotatable bonds is 33. The maximum atomic E-state index is 15.1. The van der Waals surface area contributed by atoms with Crippen LogP contribution < -0.4 is 43.0 Å². The van der Waals surface area contributed by atoms with E-state index in [1.165, 1.54) is 29.2 Å². The Morgan fingerprint density at radius 3 is 1.93 bits per heavy atom. The zero-order chi connectivity index (χ0) is 66.2. The van der Waals surface area contributed by atoms with E-state index in [-0.39, 0.29) is 114 Å². The Morgan fingerprint density at radius 2 is 1.38 bits per heavy atom. The molecule has 0 saturated carbocycles. The highest BCUT2D eigenvalue weighted by molar-refractivity contribution is 6.28. The summed E-state index contributed by atoms with van der Waals surface area (Å²) in [5.41, 5.74) is 18.0. The van der Waals surface area contributed by atoms with Crippen molar-refractivity contribution >= 4 is 64.7 Å². The molecule has 1 aliphatic rings. The Balaban J connectivity index is 0.00000227. The molecule has 5 rings (SSSR count). The van der Waals surface area contributed by atoms with Gasteiger partial charge in [0.2, 0.25) is 23.6 Å². The van der Waals surface area contributed by atoms with E-state index in [1.54, 1.807) is 24.6 Å². The second-order valence-corrected chi connectivity index (χ2v) is 21.5. The minimum Gasteiger partial charge on any atom is -0.475 e. The standard InChI is InChI=1S/C57H75F2N11O12.C2HF3O2/c1-36(2)50(55(78)69(45(52(61)76)12-9-23-64-56(62)79)39-14-16-40(17-15-39)70-47(73)19-20-48(70)74)66-46(72)22-26-80-28-30-82-31-29-81-27-24-63-54(77)43(60)21-25-68(49(75)35-71)51(57(3,4)5)53-65-44(41-32-38(58)13-18-42(41)59)34-67(53)33-37-10-7-6-8-11-37;3-2(4,5)1(6)7/h6-8,10-11,13-20,32,34,36,43,45,50-51,71H,9,12,21-31,33,35,60H2,1-5H3,(H2,61,76)(H,63,77)(H,66,72)(H3,62,64,79);(H,6,7)/t43-,45-,50-,51-;/m0./s1. The zero-order valence-electron chi connectivity index (χ0n) is 49.8. The molecule has 3 aromatic carbocycles. The van der Waals surface area contributed by atoms with Gasteiger partial charge in [-0.05, 0) is 78.6 Å². The summed E-state index contributed by atoms with van der Waals surface area (Å²) in [4.78, 5) is 120. The van der Waals surface area contributed by atoms with Crippen molar-refractivity contribution in [2.24, 2.45) is 28.5 Å². The fourth-order valence-electron chi connectivity index (χ4n) is 9.05. The third-order valence-corrected chi connectivity index (χ3v) is 13.3. The number of carbonyl (C=O) groups excluding carboxylic acids is 8. The van der Waals surface area contributed by atoms with Gasteiger partial charge in [-0.25, -0.2) is 28.3 Å². The Kier molecular flexibility index (Phi) is 28.4.